The standard InChI is InChI=1S/C11H15ClN2O2S/c1-8-6-10(12)9(7-14-8)11(15)13-4-3-5-17(2)16/h6-7H,3-5H2,1-2H3,(H,13,15). The molecule has 1 aromatic rings. The largest absolute Gasteiger partial charge is 0.352 e. The van der Waals surface area contributed by atoms with Gasteiger partial charge in [0.2, 0.25) is 0 Å². The molecule has 0 aliphatic carbocycles. The molecule has 4 nitrogen and oxygen atoms in total. The van der Waals surface area contributed by atoms with Crippen LogP contribution >= 0.6 is 11.6 Å². The van der Waals surface area contributed by atoms with Gasteiger partial charge in [0.15, 0.2) is 0 Å². The van der Waals surface area contributed by atoms with Crippen molar-refractivity contribution in [1.82, 2.24) is 10.3 Å². The minimum Gasteiger partial charge on any atom is -0.352 e. The van der Waals surface area contributed by atoms with E-state index in [0.717, 1.165) is 5.69 Å². The van der Waals surface area contributed by atoms with Crippen molar-refractivity contribution >= 4 is 28.3 Å². The Morgan fingerprint density at radius 3 is 2.88 bits per heavy atom. The van der Waals surface area contributed by atoms with E-state index in [1.165, 1.54) is 6.20 Å². The number of aryl methyl sites for hydroxylation is 1. The van der Waals surface area contributed by atoms with Crippen molar-refractivity contribution in [2.75, 3.05) is 18.6 Å². The summed E-state index contributed by atoms with van der Waals surface area (Å²) < 4.78 is 10.8. The average molecular weight is 275 g/mol. The molecule has 1 amide bonds. The Balaban J connectivity index is 2.50. The highest BCUT2D eigenvalue weighted by Gasteiger charge is 2.10. The predicted molar refractivity (Wildman–Crippen MR) is 69.9 cm³/mol. The zero-order valence-electron chi connectivity index (χ0n) is 9.83. The van der Waals surface area contributed by atoms with Crippen LogP contribution in [0.2, 0.25) is 5.02 Å². The minimum absolute atomic E-state index is 0.246. The highest BCUT2D eigenvalue weighted by molar-refractivity contribution is 7.84. The second kappa shape index (κ2) is 6.71. The van der Waals surface area contributed by atoms with Gasteiger partial charge in [-0.3, -0.25) is 14.0 Å². The fraction of sp³-hybridized carbons (Fsp3) is 0.455. The summed E-state index contributed by atoms with van der Waals surface area (Å²) in [5.74, 6) is 0.338. The first-order valence-corrected chi connectivity index (χ1v) is 7.31. The second-order valence-corrected chi connectivity index (χ2v) is 5.65. The Kier molecular flexibility index (Phi) is 5.58. The molecule has 94 valence electrons. The maximum Gasteiger partial charge on any atom is 0.254 e. The first kappa shape index (κ1) is 14.1. The van der Waals surface area contributed by atoms with E-state index in [4.69, 9.17) is 11.6 Å². The minimum atomic E-state index is -0.822. The van der Waals surface area contributed by atoms with Crippen molar-refractivity contribution < 1.29 is 9.00 Å². The first-order valence-electron chi connectivity index (χ1n) is 5.21. The molecule has 1 N–H and O–H groups in total. The lowest BCUT2D eigenvalue weighted by molar-refractivity contribution is 0.0953. The summed E-state index contributed by atoms with van der Waals surface area (Å²) >= 11 is 5.94. The lowest BCUT2D eigenvalue weighted by atomic mass is 10.2. The highest BCUT2D eigenvalue weighted by Crippen LogP contribution is 2.15. The van der Waals surface area contributed by atoms with Crippen molar-refractivity contribution in [2.45, 2.75) is 13.3 Å². The van der Waals surface area contributed by atoms with Crippen LogP contribution in [0.5, 0.6) is 0 Å². The highest BCUT2D eigenvalue weighted by atomic mass is 35.5. The lowest BCUT2D eigenvalue weighted by Crippen LogP contribution is -2.25. The summed E-state index contributed by atoms with van der Waals surface area (Å²) in [6, 6.07) is 1.65. The Morgan fingerprint density at radius 1 is 1.59 bits per heavy atom. The Bertz CT molecular complexity index is 437. The van der Waals surface area contributed by atoms with Crippen molar-refractivity contribution in [3.63, 3.8) is 0 Å². The number of hydrogen-bond donors (Lipinski definition) is 1. The van der Waals surface area contributed by atoms with Gasteiger partial charge >= 0.3 is 0 Å². The van der Waals surface area contributed by atoms with E-state index in [1.807, 2.05) is 6.92 Å². The van der Waals surface area contributed by atoms with Gasteiger partial charge in [-0.25, -0.2) is 0 Å². The summed E-state index contributed by atoms with van der Waals surface area (Å²) in [4.78, 5) is 15.7. The van der Waals surface area contributed by atoms with Gasteiger partial charge in [-0.05, 0) is 19.4 Å². The van der Waals surface area contributed by atoms with E-state index in [2.05, 4.69) is 10.3 Å². The molecule has 6 heteroatoms. The lowest BCUT2D eigenvalue weighted by Gasteiger charge is -2.06. The monoisotopic (exact) mass is 274 g/mol. The summed E-state index contributed by atoms with van der Waals surface area (Å²) in [5.41, 5.74) is 1.14. The molecular formula is C11H15ClN2O2S. The Morgan fingerprint density at radius 2 is 2.29 bits per heavy atom. The fourth-order valence-corrected chi connectivity index (χ4v) is 2.11. The zero-order valence-corrected chi connectivity index (χ0v) is 11.4. The molecule has 0 bridgehead atoms. The summed E-state index contributed by atoms with van der Waals surface area (Å²) in [6.07, 6.45) is 3.79. The van der Waals surface area contributed by atoms with Gasteiger partial charge in [0, 0.05) is 41.2 Å². The summed E-state index contributed by atoms with van der Waals surface area (Å²) in [5, 5.41) is 3.11. The summed E-state index contributed by atoms with van der Waals surface area (Å²) in [6.45, 7) is 2.30. The van der Waals surface area contributed by atoms with Crippen molar-refractivity contribution in [2.24, 2.45) is 0 Å². The first-order chi connectivity index (χ1) is 8.00. The van der Waals surface area contributed by atoms with Gasteiger partial charge in [0.25, 0.3) is 5.91 Å². The van der Waals surface area contributed by atoms with E-state index < -0.39 is 10.8 Å². The number of carbonyl (C=O) groups excluding carboxylic acids is 1. The van der Waals surface area contributed by atoms with Crippen LogP contribution in [-0.2, 0) is 10.8 Å². The zero-order chi connectivity index (χ0) is 12.8. The van der Waals surface area contributed by atoms with Crippen LogP contribution in [-0.4, -0.2) is 33.7 Å². The van der Waals surface area contributed by atoms with Crippen LogP contribution < -0.4 is 5.32 Å². The number of aromatic nitrogens is 1. The molecular weight excluding hydrogens is 260 g/mol. The number of nitrogens with zero attached hydrogens (tertiary/aromatic N) is 1. The fourth-order valence-electron chi connectivity index (χ4n) is 1.27. The third-order valence-electron chi connectivity index (χ3n) is 2.13. The third kappa shape index (κ3) is 4.83. The number of halogens is 1. The molecule has 0 fully saturated rings. The third-order valence-corrected chi connectivity index (χ3v) is 3.31. The van der Waals surface area contributed by atoms with E-state index >= 15 is 0 Å². The van der Waals surface area contributed by atoms with Crippen LogP contribution in [0.4, 0.5) is 0 Å². The molecule has 0 radical (unpaired) electrons. The molecule has 1 heterocycles. The van der Waals surface area contributed by atoms with E-state index in [0.29, 0.717) is 29.3 Å². The molecule has 0 aromatic carbocycles. The number of hydrogen-bond acceptors (Lipinski definition) is 3. The molecule has 0 saturated heterocycles. The van der Waals surface area contributed by atoms with E-state index in [-0.39, 0.29) is 5.91 Å². The quantitative estimate of drug-likeness (QED) is 0.829. The smallest absolute Gasteiger partial charge is 0.254 e. The molecule has 1 unspecified atom stereocenters. The van der Waals surface area contributed by atoms with Gasteiger partial charge in [-0.15, -0.1) is 0 Å². The molecule has 1 rings (SSSR count). The van der Waals surface area contributed by atoms with Crippen molar-refractivity contribution in [3.05, 3.63) is 28.5 Å². The van der Waals surface area contributed by atoms with Crippen LogP contribution in [0.15, 0.2) is 12.3 Å². The number of pyridine rings is 1. The molecule has 0 saturated carbocycles. The average Bonchev–Trinajstić information content (AvgIpc) is 2.23. The molecule has 1 aromatic heterocycles. The maximum atomic E-state index is 11.7. The molecule has 0 spiro atoms. The van der Waals surface area contributed by atoms with Gasteiger partial charge in [0.05, 0.1) is 10.6 Å². The number of amides is 1. The number of carbonyl (C=O) groups is 1. The molecule has 1 atom stereocenters. The van der Waals surface area contributed by atoms with Crippen LogP contribution in [0.25, 0.3) is 0 Å². The topological polar surface area (TPSA) is 59.1 Å². The van der Waals surface area contributed by atoms with Crippen LogP contribution in [0, 0.1) is 6.92 Å². The molecule has 0 aliphatic rings. The molecule has 0 aliphatic heterocycles. The van der Waals surface area contributed by atoms with Gasteiger partial charge in [0.1, 0.15) is 0 Å². The van der Waals surface area contributed by atoms with Crippen molar-refractivity contribution in [3.8, 4) is 0 Å². The van der Waals surface area contributed by atoms with E-state index in [9.17, 15) is 9.00 Å². The number of rotatable bonds is 5. The normalized spacial score (nSPS) is 12.2. The van der Waals surface area contributed by atoms with Crippen molar-refractivity contribution in [1.29, 1.82) is 0 Å². The van der Waals surface area contributed by atoms with E-state index in [1.54, 1.807) is 12.3 Å². The van der Waals surface area contributed by atoms with Gasteiger partial charge in [-0.1, -0.05) is 11.6 Å². The second-order valence-electron chi connectivity index (χ2n) is 3.69. The Labute approximate surface area is 108 Å². The van der Waals surface area contributed by atoms with Crippen LogP contribution in [0.3, 0.4) is 0 Å². The SMILES string of the molecule is Cc1cc(Cl)c(C(=O)NCCCS(C)=O)cn1. The Hall–Kier alpha value is -0.940. The summed E-state index contributed by atoms with van der Waals surface area (Å²) in [7, 11) is -0.822. The number of nitrogens with one attached hydrogen (secondary N) is 1. The van der Waals surface area contributed by atoms with Gasteiger partial charge in [-0.2, -0.15) is 0 Å². The molecule has 17 heavy (non-hydrogen) atoms. The van der Waals surface area contributed by atoms with Crippen LogP contribution in [0.1, 0.15) is 22.5 Å². The maximum absolute atomic E-state index is 11.7. The van der Waals surface area contributed by atoms with Gasteiger partial charge < -0.3 is 5.32 Å². The predicted octanol–water partition coefficient (Wildman–Crippen LogP) is 1.54.